The molecule has 0 bridgehead atoms. The van der Waals surface area contributed by atoms with E-state index in [1.165, 1.54) is 6.07 Å². The van der Waals surface area contributed by atoms with Crippen molar-refractivity contribution in [1.29, 1.82) is 0 Å². The van der Waals surface area contributed by atoms with Gasteiger partial charge in [0.05, 0.1) is 6.42 Å². The molecule has 1 amide bonds. The molecular formula is C16H11F3N4O. The zero-order valence-electron chi connectivity index (χ0n) is 12.5. The van der Waals surface area contributed by atoms with E-state index in [4.69, 9.17) is 0 Å². The monoisotopic (exact) mass is 332 g/mol. The summed E-state index contributed by atoms with van der Waals surface area (Å²) in [7, 11) is 0. The number of nitrogens with one attached hydrogen (secondary N) is 1. The summed E-state index contributed by atoms with van der Waals surface area (Å²) in [6, 6.07) is 7.45. The van der Waals surface area contributed by atoms with E-state index in [2.05, 4.69) is 15.3 Å². The van der Waals surface area contributed by atoms with Gasteiger partial charge >= 0.3 is 6.18 Å². The fourth-order valence-electron chi connectivity index (χ4n) is 2.89. The summed E-state index contributed by atoms with van der Waals surface area (Å²) in [6.45, 7) is 1.70. The molecule has 0 saturated heterocycles. The van der Waals surface area contributed by atoms with Crippen LogP contribution in [0.2, 0.25) is 0 Å². The molecule has 4 rings (SSSR count). The van der Waals surface area contributed by atoms with Gasteiger partial charge in [-0.15, -0.1) is 0 Å². The van der Waals surface area contributed by atoms with Gasteiger partial charge in [-0.3, -0.25) is 9.36 Å². The lowest BCUT2D eigenvalue weighted by atomic mass is 10.1. The highest BCUT2D eigenvalue weighted by Gasteiger charge is 2.33. The number of fused-ring (bicyclic) bond motifs is 2. The molecule has 0 spiro atoms. The standard InChI is InChI=1S/C16H11F3N4O/c1-8-20-12-4-5-13(16(17,18)19)22-15(12)23(8)10-2-3-11-9(6-10)7-14(24)21-11/h2-6H,7H2,1H3,(H,21,24). The predicted molar refractivity (Wildman–Crippen MR) is 80.9 cm³/mol. The van der Waals surface area contributed by atoms with Crippen molar-refractivity contribution in [2.24, 2.45) is 0 Å². The molecule has 0 unspecified atom stereocenters. The molecule has 3 heterocycles. The molecule has 1 aromatic carbocycles. The van der Waals surface area contributed by atoms with Crippen LogP contribution in [0, 0.1) is 6.92 Å². The number of carbonyl (C=O) groups is 1. The number of pyridine rings is 1. The van der Waals surface area contributed by atoms with Crippen molar-refractivity contribution in [3.05, 3.63) is 47.4 Å². The van der Waals surface area contributed by atoms with Crippen LogP contribution >= 0.6 is 0 Å². The summed E-state index contributed by atoms with van der Waals surface area (Å²) in [6.07, 6.45) is -4.28. The van der Waals surface area contributed by atoms with Gasteiger partial charge in [-0.1, -0.05) is 0 Å². The first-order valence-electron chi connectivity index (χ1n) is 7.19. The number of hydrogen-bond donors (Lipinski definition) is 1. The minimum Gasteiger partial charge on any atom is -0.326 e. The van der Waals surface area contributed by atoms with Crippen LogP contribution in [0.15, 0.2) is 30.3 Å². The van der Waals surface area contributed by atoms with Gasteiger partial charge in [0.25, 0.3) is 0 Å². The highest BCUT2D eigenvalue weighted by Crippen LogP contribution is 2.31. The van der Waals surface area contributed by atoms with Crippen LogP contribution in [0.1, 0.15) is 17.1 Å². The van der Waals surface area contributed by atoms with Gasteiger partial charge in [-0.05, 0) is 42.8 Å². The molecule has 0 radical (unpaired) electrons. The Balaban J connectivity index is 1.92. The number of rotatable bonds is 1. The molecule has 5 nitrogen and oxygen atoms in total. The second kappa shape index (κ2) is 4.80. The van der Waals surface area contributed by atoms with Crippen LogP contribution < -0.4 is 5.32 Å². The highest BCUT2D eigenvalue weighted by atomic mass is 19.4. The number of imidazole rings is 1. The van der Waals surface area contributed by atoms with Crippen molar-refractivity contribution in [3.63, 3.8) is 0 Å². The third-order valence-electron chi connectivity index (χ3n) is 3.93. The van der Waals surface area contributed by atoms with E-state index in [9.17, 15) is 18.0 Å². The minimum absolute atomic E-state index is 0.105. The number of alkyl halides is 3. The molecule has 8 heteroatoms. The van der Waals surface area contributed by atoms with Crippen molar-refractivity contribution in [2.75, 3.05) is 5.32 Å². The molecule has 0 aliphatic carbocycles. The van der Waals surface area contributed by atoms with Gasteiger partial charge in [-0.2, -0.15) is 13.2 Å². The Hall–Kier alpha value is -2.90. The second-order valence-corrected chi connectivity index (χ2v) is 5.60. The summed E-state index contributed by atoms with van der Waals surface area (Å²) >= 11 is 0. The maximum Gasteiger partial charge on any atom is 0.433 e. The van der Waals surface area contributed by atoms with Crippen LogP contribution in [-0.4, -0.2) is 20.4 Å². The summed E-state index contributed by atoms with van der Waals surface area (Å²) < 4.78 is 40.4. The van der Waals surface area contributed by atoms with Crippen molar-refractivity contribution >= 4 is 22.8 Å². The first-order chi connectivity index (χ1) is 11.3. The van der Waals surface area contributed by atoms with E-state index in [-0.39, 0.29) is 18.0 Å². The van der Waals surface area contributed by atoms with Crippen molar-refractivity contribution in [3.8, 4) is 5.69 Å². The largest absolute Gasteiger partial charge is 0.433 e. The van der Waals surface area contributed by atoms with E-state index in [1.807, 2.05) is 0 Å². The Kier molecular flexibility index (Phi) is 2.93. The second-order valence-electron chi connectivity index (χ2n) is 5.60. The summed E-state index contributed by atoms with van der Waals surface area (Å²) in [4.78, 5) is 19.5. The third kappa shape index (κ3) is 2.22. The first kappa shape index (κ1) is 14.7. The topological polar surface area (TPSA) is 59.8 Å². The molecule has 122 valence electrons. The number of halogens is 3. The Bertz CT molecular complexity index is 991. The molecule has 0 atom stereocenters. The van der Waals surface area contributed by atoms with Crippen LogP contribution in [0.25, 0.3) is 16.9 Å². The lowest BCUT2D eigenvalue weighted by Gasteiger charge is -2.10. The average molecular weight is 332 g/mol. The minimum atomic E-state index is -4.52. The Morgan fingerprint density at radius 3 is 2.71 bits per heavy atom. The number of benzene rings is 1. The highest BCUT2D eigenvalue weighted by molar-refractivity contribution is 5.99. The zero-order chi connectivity index (χ0) is 17.1. The Labute approximate surface area is 134 Å². The molecule has 1 aliphatic rings. The first-order valence-corrected chi connectivity index (χ1v) is 7.19. The van der Waals surface area contributed by atoms with Crippen molar-refractivity contribution < 1.29 is 18.0 Å². The summed E-state index contributed by atoms with van der Waals surface area (Å²) in [5.74, 6) is 0.418. The number of aryl methyl sites for hydroxylation is 1. The van der Waals surface area contributed by atoms with Crippen LogP contribution in [0.5, 0.6) is 0 Å². The molecule has 1 aliphatic heterocycles. The number of anilines is 1. The predicted octanol–water partition coefficient (Wildman–Crippen LogP) is 3.24. The van der Waals surface area contributed by atoms with Crippen molar-refractivity contribution in [1.82, 2.24) is 14.5 Å². The Morgan fingerprint density at radius 2 is 1.96 bits per heavy atom. The van der Waals surface area contributed by atoms with Gasteiger partial charge in [0.15, 0.2) is 5.65 Å². The Morgan fingerprint density at radius 1 is 1.17 bits per heavy atom. The van der Waals surface area contributed by atoms with Crippen LogP contribution in [-0.2, 0) is 17.4 Å². The number of amides is 1. The van der Waals surface area contributed by atoms with Gasteiger partial charge < -0.3 is 5.32 Å². The van der Waals surface area contributed by atoms with E-state index < -0.39 is 11.9 Å². The average Bonchev–Trinajstić information content (AvgIpc) is 3.02. The third-order valence-corrected chi connectivity index (χ3v) is 3.93. The van der Waals surface area contributed by atoms with Gasteiger partial charge in [0, 0.05) is 11.4 Å². The number of carbonyl (C=O) groups excluding carboxylic acids is 1. The molecule has 0 saturated carbocycles. The van der Waals surface area contributed by atoms with Gasteiger partial charge in [0.1, 0.15) is 17.0 Å². The lowest BCUT2D eigenvalue weighted by molar-refractivity contribution is -0.141. The van der Waals surface area contributed by atoms with Gasteiger partial charge in [0.2, 0.25) is 5.91 Å². The maximum absolute atomic E-state index is 12.9. The van der Waals surface area contributed by atoms with E-state index >= 15 is 0 Å². The van der Waals surface area contributed by atoms with E-state index in [0.29, 0.717) is 17.0 Å². The smallest absolute Gasteiger partial charge is 0.326 e. The van der Waals surface area contributed by atoms with Crippen LogP contribution in [0.4, 0.5) is 18.9 Å². The number of nitrogens with zero attached hydrogens (tertiary/aromatic N) is 3. The maximum atomic E-state index is 12.9. The van der Waals surface area contributed by atoms with Crippen molar-refractivity contribution in [2.45, 2.75) is 19.5 Å². The van der Waals surface area contributed by atoms with Gasteiger partial charge in [-0.25, -0.2) is 9.97 Å². The SMILES string of the molecule is Cc1nc2ccc(C(F)(F)F)nc2n1-c1ccc2c(c1)CC(=O)N2. The molecule has 0 fully saturated rings. The molecule has 2 aromatic heterocycles. The lowest BCUT2D eigenvalue weighted by Crippen LogP contribution is -2.08. The molecular weight excluding hydrogens is 321 g/mol. The fraction of sp³-hybridized carbons (Fsp3) is 0.188. The zero-order valence-corrected chi connectivity index (χ0v) is 12.5. The number of hydrogen-bond acceptors (Lipinski definition) is 3. The molecule has 1 N–H and O–H groups in total. The quantitative estimate of drug-likeness (QED) is 0.744. The van der Waals surface area contributed by atoms with E-state index in [0.717, 1.165) is 17.3 Å². The number of aromatic nitrogens is 3. The molecule has 3 aromatic rings. The molecule has 24 heavy (non-hydrogen) atoms. The normalized spacial score (nSPS) is 14.1. The van der Waals surface area contributed by atoms with E-state index in [1.54, 1.807) is 29.7 Å². The summed E-state index contributed by atoms with van der Waals surface area (Å²) in [5, 5.41) is 2.72. The fourth-order valence-corrected chi connectivity index (χ4v) is 2.89. The van der Waals surface area contributed by atoms with Crippen LogP contribution in [0.3, 0.4) is 0 Å². The summed E-state index contributed by atoms with van der Waals surface area (Å²) in [5.41, 5.74) is 1.70.